The molecule has 2 heterocycles. The average Bonchev–Trinajstić information content (AvgIpc) is 2.61. The smallest absolute Gasteiger partial charge is 0.266 e. The number of nitrogens with one attached hydrogen (secondary N) is 1. The summed E-state index contributed by atoms with van der Waals surface area (Å²) < 4.78 is 6.98. The van der Waals surface area contributed by atoms with Gasteiger partial charge in [-0.3, -0.25) is 9.89 Å². The number of hydrogen-bond donors (Lipinski definition) is 2. The lowest BCUT2D eigenvalue weighted by atomic mass is 10.1. The number of nitrogens with two attached hydrogens (primary N) is 1. The summed E-state index contributed by atoms with van der Waals surface area (Å²) in [6, 6.07) is 1.90. The van der Waals surface area contributed by atoms with Crippen LogP contribution in [0.2, 0.25) is 0 Å². The van der Waals surface area contributed by atoms with Crippen molar-refractivity contribution in [3.8, 4) is 0 Å². The van der Waals surface area contributed by atoms with Gasteiger partial charge >= 0.3 is 0 Å². The molecule has 84 valence electrons. The third-order valence-corrected chi connectivity index (χ3v) is 2.77. The second-order valence-corrected chi connectivity index (χ2v) is 3.87. The largest absolute Gasteiger partial charge is 0.381 e. The van der Waals surface area contributed by atoms with Gasteiger partial charge in [0, 0.05) is 31.4 Å². The lowest BCUT2D eigenvalue weighted by Gasteiger charge is -2.22. The molecule has 0 unspecified atom stereocenters. The Morgan fingerprint density at radius 2 is 2.27 bits per heavy atom. The lowest BCUT2D eigenvalue weighted by Crippen LogP contribution is -2.27. The molecule has 0 aromatic carbocycles. The summed E-state index contributed by atoms with van der Waals surface area (Å²) in [5, 5.41) is 3.12. The molecule has 0 aliphatic carbocycles. The molecule has 0 bridgehead atoms. The van der Waals surface area contributed by atoms with E-state index >= 15 is 0 Å². The third-order valence-electron chi connectivity index (χ3n) is 2.77. The molecular weight excluding hydrogens is 194 g/mol. The predicted molar refractivity (Wildman–Crippen MR) is 56.9 cm³/mol. The highest BCUT2D eigenvalue weighted by Crippen LogP contribution is 2.18. The summed E-state index contributed by atoms with van der Waals surface area (Å²) in [5.41, 5.74) is 6.42. The van der Waals surface area contributed by atoms with Crippen molar-refractivity contribution in [2.75, 3.05) is 19.8 Å². The first kappa shape index (κ1) is 10.4. The standard InChI is InChI=1S/C10H17N3O2/c11-4-1-8-7-10(14)13(12-8)9-2-5-15-6-3-9/h7,9,12H,1-6,11H2. The van der Waals surface area contributed by atoms with Gasteiger partial charge in [-0.2, -0.15) is 0 Å². The van der Waals surface area contributed by atoms with Crippen molar-refractivity contribution < 1.29 is 4.74 Å². The van der Waals surface area contributed by atoms with E-state index in [1.807, 2.05) is 0 Å². The Morgan fingerprint density at radius 1 is 1.53 bits per heavy atom. The van der Waals surface area contributed by atoms with Gasteiger partial charge in [0.05, 0.1) is 6.04 Å². The van der Waals surface area contributed by atoms with Crippen LogP contribution in [0.3, 0.4) is 0 Å². The van der Waals surface area contributed by atoms with Gasteiger partial charge < -0.3 is 10.5 Å². The van der Waals surface area contributed by atoms with E-state index in [2.05, 4.69) is 5.10 Å². The number of H-pyrrole nitrogens is 1. The number of aromatic nitrogens is 2. The number of nitrogens with zero attached hydrogens (tertiary/aromatic N) is 1. The summed E-state index contributed by atoms with van der Waals surface area (Å²) in [4.78, 5) is 11.7. The highest BCUT2D eigenvalue weighted by atomic mass is 16.5. The molecule has 1 saturated heterocycles. The van der Waals surface area contributed by atoms with E-state index in [0.717, 1.165) is 38.2 Å². The molecule has 0 radical (unpaired) electrons. The topological polar surface area (TPSA) is 73.0 Å². The molecule has 1 aliphatic rings. The van der Waals surface area contributed by atoms with Crippen LogP contribution in [0.15, 0.2) is 10.9 Å². The normalized spacial score (nSPS) is 18.2. The van der Waals surface area contributed by atoms with Crippen LogP contribution >= 0.6 is 0 Å². The molecule has 1 aromatic rings. The van der Waals surface area contributed by atoms with Gasteiger partial charge in [0.2, 0.25) is 0 Å². The maximum Gasteiger partial charge on any atom is 0.266 e. The van der Waals surface area contributed by atoms with Crippen LogP contribution in [-0.2, 0) is 11.2 Å². The molecule has 3 N–H and O–H groups in total. The molecule has 0 spiro atoms. The van der Waals surface area contributed by atoms with Gasteiger partial charge in [-0.15, -0.1) is 0 Å². The Labute approximate surface area is 88.2 Å². The second-order valence-electron chi connectivity index (χ2n) is 3.87. The Kier molecular flexibility index (Phi) is 3.23. The van der Waals surface area contributed by atoms with E-state index < -0.39 is 0 Å². The van der Waals surface area contributed by atoms with Gasteiger partial charge in [0.15, 0.2) is 0 Å². The molecule has 5 heteroatoms. The van der Waals surface area contributed by atoms with Crippen LogP contribution in [0.4, 0.5) is 0 Å². The van der Waals surface area contributed by atoms with Crippen LogP contribution in [0.1, 0.15) is 24.6 Å². The fraction of sp³-hybridized carbons (Fsp3) is 0.700. The molecule has 0 amide bonds. The van der Waals surface area contributed by atoms with Crippen molar-refractivity contribution in [1.29, 1.82) is 0 Å². The van der Waals surface area contributed by atoms with Gasteiger partial charge in [-0.1, -0.05) is 0 Å². The minimum absolute atomic E-state index is 0.0466. The van der Waals surface area contributed by atoms with Crippen molar-refractivity contribution >= 4 is 0 Å². The van der Waals surface area contributed by atoms with Crippen molar-refractivity contribution in [3.05, 3.63) is 22.1 Å². The van der Waals surface area contributed by atoms with E-state index in [4.69, 9.17) is 10.5 Å². The average molecular weight is 211 g/mol. The van der Waals surface area contributed by atoms with Crippen molar-refractivity contribution in [1.82, 2.24) is 9.78 Å². The number of aromatic amines is 1. The van der Waals surface area contributed by atoms with E-state index in [9.17, 15) is 4.79 Å². The van der Waals surface area contributed by atoms with Crippen molar-refractivity contribution in [3.63, 3.8) is 0 Å². The maximum atomic E-state index is 11.7. The molecular formula is C10H17N3O2. The summed E-state index contributed by atoms with van der Waals surface area (Å²) >= 11 is 0. The quantitative estimate of drug-likeness (QED) is 0.740. The number of rotatable bonds is 3. The minimum Gasteiger partial charge on any atom is -0.381 e. The van der Waals surface area contributed by atoms with E-state index in [1.54, 1.807) is 10.7 Å². The highest BCUT2D eigenvalue weighted by Gasteiger charge is 2.17. The predicted octanol–water partition coefficient (Wildman–Crippen LogP) is 0.0291. The maximum absolute atomic E-state index is 11.7. The molecule has 1 aromatic heterocycles. The van der Waals surface area contributed by atoms with E-state index in [-0.39, 0.29) is 11.6 Å². The molecule has 15 heavy (non-hydrogen) atoms. The van der Waals surface area contributed by atoms with Gasteiger partial charge in [-0.05, 0) is 19.4 Å². The zero-order valence-corrected chi connectivity index (χ0v) is 8.74. The van der Waals surface area contributed by atoms with Crippen molar-refractivity contribution in [2.24, 2.45) is 5.73 Å². The van der Waals surface area contributed by atoms with Crippen molar-refractivity contribution in [2.45, 2.75) is 25.3 Å². The molecule has 5 nitrogen and oxygen atoms in total. The highest BCUT2D eigenvalue weighted by molar-refractivity contribution is 5.01. The first-order chi connectivity index (χ1) is 7.31. The van der Waals surface area contributed by atoms with Crippen LogP contribution in [-0.4, -0.2) is 29.5 Å². The fourth-order valence-corrected chi connectivity index (χ4v) is 1.96. The first-order valence-corrected chi connectivity index (χ1v) is 5.39. The fourth-order valence-electron chi connectivity index (χ4n) is 1.96. The van der Waals surface area contributed by atoms with Crippen LogP contribution < -0.4 is 11.3 Å². The van der Waals surface area contributed by atoms with Gasteiger partial charge in [0.25, 0.3) is 5.56 Å². The zero-order valence-electron chi connectivity index (χ0n) is 8.74. The first-order valence-electron chi connectivity index (χ1n) is 5.39. The zero-order chi connectivity index (χ0) is 10.7. The van der Waals surface area contributed by atoms with Crippen LogP contribution in [0, 0.1) is 0 Å². The monoisotopic (exact) mass is 211 g/mol. The summed E-state index contributed by atoms with van der Waals surface area (Å²) in [6.07, 6.45) is 2.54. The molecule has 1 fully saturated rings. The number of ether oxygens (including phenoxy) is 1. The van der Waals surface area contributed by atoms with Crippen LogP contribution in [0.25, 0.3) is 0 Å². The lowest BCUT2D eigenvalue weighted by molar-refractivity contribution is 0.0652. The van der Waals surface area contributed by atoms with Crippen LogP contribution in [0.5, 0.6) is 0 Å². The Hall–Kier alpha value is -1.07. The Morgan fingerprint density at radius 3 is 2.93 bits per heavy atom. The molecule has 1 aliphatic heterocycles. The second kappa shape index (κ2) is 4.63. The minimum atomic E-state index is 0.0466. The summed E-state index contributed by atoms with van der Waals surface area (Å²) in [7, 11) is 0. The SMILES string of the molecule is NCCc1cc(=O)n(C2CCOCC2)[nH]1. The Balaban J connectivity index is 2.15. The van der Waals surface area contributed by atoms with Gasteiger partial charge in [-0.25, -0.2) is 4.68 Å². The van der Waals surface area contributed by atoms with E-state index in [1.165, 1.54) is 0 Å². The van der Waals surface area contributed by atoms with Gasteiger partial charge in [0.1, 0.15) is 0 Å². The summed E-state index contributed by atoms with van der Waals surface area (Å²) in [6.45, 7) is 2.04. The summed E-state index contributed by atoms with van der Waals surface area (Å²) in [5.74, 6) is 0. The molecule has 0 saturated carbocycles. The Bertz CT molecular complexity index is 363. The van der Waals surface area contributed by atoms with E-state index in [0.29, 0.717) is 6.54 Å². The molecule has 0 atom stereocenters. The third kappa shape index (κ3) is 2.30. The number of hydrogen-bond acceptors (Lipinski definition) is 3. The molecule has 2 rings (SSSR count).